The Hall–Kier alpha value is -2.99. The summed E-state index contributed by atoms with van der Waals surface area (Å²) >= 11 is 0. The minimum absolute atomic E-state index is 0.159. The first-order chi connectivity index (χ1) is 12.3. The zero-order chi connectivity index (χ0) is 17.1. The number of piperidine rings is 1. The van der Waals surface area contributed by atoms with Gasteiger partial charge in [0.2, 0.25) is 0 Å². The largest absolute Gasteiger partial charge is 0.507 e. The van der Waals surface area contributed by atoms with E-state index in [1.54, 1.807) is 12.3 Å². The van der Waals surface area contributed by atoms with Crippen molar-refractivity contribution in [2.45, 2.75) is 12.8 Å². The number of hydrogen-bond donors (Lipinski definition) is 2. The fraction of sp³-hybridized carbons (Fsp3) is 0.211. The summed E-state index contributed by atoms with van der Waals surface area (Å²) in [5, 5.41) is 22.1. The molecule has 126 valence electrons. The van der Waals surface area contributed by atoms with Gasteiger partial charge in [-0.1, -0.05) is 5.57 Å². The molecular formula is C19H19N5O. The van der Waals surface area contributed by atoms with Crippen LogP contribution in [-0.2, 0) is 0 Å². The number of aromatic nitrogens is 4. The predicted octanol–water partition coefficient (Wildman–Crippen LogP) is 2.80. The highest BCUT2D eigenvalue weighted by molar-refractivity contribution is 5.68. The Kier molecular flexibility index (Phi) is 4.26. The summed E-state index contributed by atoms with van der Waals surface area (Å²) in [5.74, 6) is 0.774. The highest BCUT2D eigenvalue weighted by Crippen LogP contribution is 2.29. The highest BCUT2D eigenvalue weighted by atomic mass is 16.3. The van der Waals surface area contributed by atoms with Crippen molar-refractivity contribution >= 4 is 6.08 Å². The predicted molar refractivity (Wildman–Crippen MR) is 96.3 cm³/mol. The van der Waals surface area contributed by atoms with E-state index in [1.807, 2.05) is 47.3 Å². The summed E-state index contributed by atoms with van der Waals surface area (Å²) in [5.41, 5.74) is 3.41. The quantitative estimate of drug-likeness (QED) is 0.771. The lowest BCUT2D eigenvalue weighted by atomic mass is 10.1. The number of nitrogens with one attached hydrogen (secondary N) is 1. The molecule has 3 heterocycles. The van der Waals surface area contributed by atoms with Gasteiger partial charge < -0.3 is 15.0 Å². The monoisotopic (exact) mass is 333 g/mol. The lowest BCUT2D eigenvalue weighted by molar-refractivity contribution is 0.476. The average molecular weight is 333 g/mol. The molecule has 1 aromatic carbocycles. The van der Waals surface area contributed by atoms with Gasteiger partial charge in [0.15, 0.2) is 5.82 Å². The van der Waals surface area contributed by atoms with E-state index in [4.69, 9.17) is 0 Å². The van der Waals surface area contributed by atoms with Gasteiger partial charge in [-0.3, -0.25) is 0 Å². The summed E-state index contributed by atoms with van der Waals surface area (Å²) in [6.45, 7) is 2.00. The minimum Gasteiger partial charge on any atom is -0.507 e. The van der Waals surface area contributed by atoms with E-state index in [-0.39, 0.29) is 5.75 Å². The van der Waals surface area contributed by atoms with Crippen molar-refractivity contribution in [3.8, 4) is 22.7 Å². The third-order valence-electron chi connectivity index (χ3n) is 4.32. The van der Waals surface area contributed by atoms with Crippen LogP contribution in [0.5, 0.6) is 5.75 Å². The van der Waals surface area contributed by atoms with E-state index in [1.165, 1.54) is 5.57 Å². The van der Waals surface area contributed by atoms with Crippen LogP contribution in [0.3, 0.4) is 0 Å². The van der Waals surface area contributed by atoms with Crippen LogP contribution in [0.2, 0.25) is 0 Å². The fourth-order valence-corrected chi connectivity index (χ4v) is 2.95. The Bertz CT molecular complexity index is 877. The number of rotatable bonds is 3. The molecule has 2 N–H and O–H groups in total. The van der Waals surface area contributed by atoms with Gasteiger partial charge in [0.05, 0.1) is 6.20 Å². The Morgan fingerprint density at radius 1 is 1.08 bits per heavy atom. The zero-order valence-electron chi connectivity index (χ0n) is 13.8. The maximum atomic E-state index is 10.3. The molecule has 1 saturated heterocycles. The van der Waals surface area contributed by atoms with E-state index < -0.39 is 0 Å². The highest BCUT2D eigenvalue weighted by Gasteiger charge is 2.10. The van der Waals surface area contributed by atoms with Gasteiger partial charge in [-0.15, -0.1) is 10.2 Å². The first kappa shape index (κ1) is 15.5. The molecule has 0 amide bonds. The molecule has 0 atom stereocenters. The van der Waals surface area contributed by atoms with Crippen molar-refractivity contribution < 1.29 is 5.11 Å². The summed E-state index contributed by atoms with van der Waals surface area (Å²) in [4.78, 5) is 4.38. The summed E-state index contributed by atoms with van der Waals surface area (Å²) < 4.78 is 1.93. The number of benzene rings is 1. The van der Waals surface area contributed by atoms with Crippen molar-refractivity contribution in [3.05, 3.63) is 60.3 Å². The van der Waals surface area contributed by atoms with Crippen LogP contribution in [-0.4, -0.2) is 37.9 Å². The molecule has 0 radical (unpaired) electrons. The number of nitrogens with zero attached hydrogens (tertiary/aromatic N) is 4. The Balaban J connectivity index is 1.57. The van der Waals surface area contributed by atoms with E-state index in [9.17, 15) is 5.11 Å². The molecule has 2 aromatic heterocycles. The fourth-order valence-electron chi connectivity index (χ4n) is 2.95. The van der Waals surface area contributed by atoms with E-state index in [0.717, 1.165) is 31.6 Å². The number of phenols is 1. The van der Waals surface area contributed by atoms with Gasteiger partial charge in [0.1, 0.15) is 11.4 Å². The van der Waals surface area contributed by atoms with Crippen LogP contribution in [0.15, 0.2) is 54.5 Å². The molecule has 0 spiro atoms. The maximum Gasteiger partial charge on any atom is 0.174 e. The first-order valence-corrected chi connectivity index (χ1v) is 8.36. The third kappa shape index (κ3) is 3.44. The summed E-state index contributed by atoms with van der Waals surface area (Å²) in [6, 6.07) is 9.36. The standard InChI is InChI=1S/C19H19N5O/c25-18-12-15(24-9-1-2-10-24)3-4-16(18)17-13-21-19(23-22-17)11-14-5-7-20-8-6-14/h1-4,9-13,20,25H,5-8H2. The van der Waals surface area contributed by atoms with E-state index >= 15 is 0 Å². The second kappa shape index (κ2) is 6.86. The molecule has 6 nitrogen and oxygen atoms in total. The summed E-state index contributed by atoms with van der Waals surface area (Å²) in [7, 11) is 0. The van der Waals surface area contributed by atoms with Crippen LogP contribution in [0.4, 0.5) is 0 Å². The molecule has 4 rings (SSSR count). The number of hydrogen-bond acceptors (Lipinski definition) is 5. The van der Waals surface area contributed by atoms with Crippen LogP contribution >= 0.6 is 0 Å². The van der Waals surface area contributed by atoms with Crippen LogP contribution in [0.25, 0.3) is 23.0 Å². The molecule has 1 fully saturated rings. The number of aromatic hydroxyl groups is 1. The van der Waals surface area contributed by atoms with Crippen molar-refractivity contribution in [2.75, 3.05) is 13.1 Å². The SMILES string of the molecule is Oc1cc(-n2cccc2)ccc1-c1cnc(C=C2CCNCC2)nn1. The first-order valence-electron chi connectivity index (χ1n) is 8.36. The van der Waals surface area contributed by atoms with Gasteiger partial charge in [-0.25, -0.2) is 4.98 Å². The van der Waals surface area contributed by atoms with Gasteiger partial charge in [0.25, 0.3) is 0 Å². The van der Waals surface area contributed by atoms with E-state index in [2.05, 4.69) is 20.5 Å². The van der Waals surface area contributed by atoms with Crippen LogP contribution in [0.1, 0.15) is 18.7 Å². The minimum atomic E-state index is 0.159. The molecule has 0 bridgehead atoms. The molecule has 0 saturated carbocycles. The van der Waals surface area contributed by atoms with Crippen molar-refractivity contribution in [1.29, 1.82) is 0 Å². The van der Waals surface area contributed by atoms with Gasteiger partial charge in [0, 0.05) is 29.7 Å². The maximum absolute atomic E-state index is 10.3. The lowest BCUT2D eigenvalue weighted by Crippen LogP contribution is -2.23. The Morgan fingerprint density at radius 2 is 1.88 bits per heavy atom. The average Bonchev–Trinajstić information content (AvgIpc) is 3.18. The molecule has 3 aromatic rings. The molecule has 25 heavy (non-hydrogen) atoms. The Morgan fingerprint density at radius 3 is 2.56 bits per heavy atom. The van der Waals surface area contributed by atoms with Crippen LogP contribution < -0.4 is 5.32 Å². The summed E-state index contributed by atoms with van der Waals surface area (Å²) in [6.07, 6.45) is 9.56. The second-order valence-corrected chi connectivity index (χ2v) is 6.05. The molecular weight excluding hydrogens is 314 g/mol. The van der Waals surface area contributed by atoms with Gasteiger partial charge in [-0.05, 0) is 56.3 Å². The normalized spacial score (nSPS) is 14.5. The molecule has 1 aliphatic rings. The van der Waals surface area contributed by atoms with Crippen molar-refractivity contribution in [3.63, 3.8) is 0 Å². The smallest absolute Gasteiger partial charge is 0.174 e. The zero-order valence-corrected chi connectivity index (χ0v) is 13.8. The molecule has 0 unspecified atom stereocenters. The molecule has 0 aliphatic carbocycles. The topological polar surface area (TPSA) is 75.9 Å². The molecule has 1 aliphatic heterocycles. The van der Waals surface area contributed by atoms with Gasteiger partial charge in [-0.2, -0.15) is 0 Å². The van der Waals surface area contributed by atoms with Crippen molar-refractivity contribution in [1.82, 2.24) is 25.1 Å². The second-order valence-electron chi connectivity index (χ2n) is 6.05. The van der Waals surface area contributed by atoms with Crippen molar-refractivity contribution in [2.24, 2.45) is 0 Å². The van der Waals surface area contributed by atoms with Gasteiger partial charge >= 0.3 is 0 Å². The lowest BCUT2D eigenvalue weighted by Gasteiger charge is -2.14. The Labute approximate surface area is 145 Å². The van der Waals surface area contributed by atoms with Crippen LogP contribution in [0, 0.1) is 0 Å². The third-order valence-corrected chi connectivity index (χ3v) is 4.32. The number of phenolic OH excluding ortho intramolecular Hbond substituents is 1. The van der Waals surface area contributed by atoms with E-state index in [0.29, 0.717) is 17.1 Å². The molecule has 6 heteroatoms.